The van der Waals surface area contributed by atoms with Gasteiger partial charge in [-0.3, -0.25) is 14.5 Å². The van der Waals surface area contributed by atoms with Gasteiger partial charge in [-0.05, 0) is 42.3 Å². The Morgan fingerprint density at radius 2 is 1.53 bits per heavy atom. The van der Waals surface area contributed by atoms with Gasteiger partial charge in [0, 0.05) is 11.3 Å². The molecule has 4 rings (SSSR count). The van der Waals surface area contributed by atoms with E-state index in [0.717, 1.165) is 11.1 Å². The van der Waals surface area contributed by atoms with Crippen molar-refractivity contribution in [2.75, 3.05) is 19.1 Å². The van der Waals surface area contributed by atoms with E-state index in [9.17, 15) is 14.7 Å². The monoisotopic (exact) mass is 429 g/mol. The lowest BCUT2D eigenvalue weighted by Gasteiger charge is -2.26. The molecule has 6 heteroatoms. The molecule has 162 valence electrons. The summed E-state index contributed by atoms with van der Waals surface area (Å²) in [4.78, 5) is 27.9. The fourth-order valence-electron chi connectivity index (χ4n) is 4.00. The summed E-state index contributed by atoms with van der Waals surface area (Å²) >= 11 is 0. The largest absolute Gasteiger partial charge is 0.507 e. The molecule has 6 nitrogen and oxygen atoms in total. The van der Waals surface area contributed by atoms with Crippen LogP contribution in [0.1, 0.15) is 22.7 Å². The molecule has 1 amide bonds. The lowest BCUT2D eigenvalue weighted by molar-refractivity contribution is -0.132. The fraction of sp³-hybridized carbons (Fsp3) is 0.154. The van der Waals surface area contributed by atoms with E-state index in [1.54, 1.807) is 24.3 Å². The summed E-state index contributed by atoms with van der Waals surface area (Å²) in [5, 5.41) is 11.2. The minimum atomic E-state index is -0.773. The molecule has 1 unspecified atom stereocenters. The number of nitrogens with zero attached hydrogens (tertiary/aromatic N) is 1. The van der Waals surface area contributed by atoms with Crippen molar-refractivity contribution in [1.29, 1.82) is 0 Å². The molecule has 3 aromatic rings. The molecule has 32 heavy (non-hydrogen) atoms. The molecule has 1 saturated heterocycles. The molecule has 1 heterocycles. The number of aliphatic hydroxyl groups is 1. The summed E-state index contributed by atoms with van der Waals surface area (Å²) in [6.45, 7) is 1.88. The molecule has 0 aromatic heterocycles. The Labute approximate surface area is 186 Å². The summed E-state index contributed by atoms with van der Waals surface area (Å²) < 4.78 is 10.6. The molecular weight excluding hydrogens is 406 g/mol. The van der Waals surface area contributed by atoms with Crippen molar-refractivity contribution in [1.82, 2.24) is 0 Å². The number of aryl methyl sites for hydroxylation is 1. The van der Waals surface area contributed by atoms with Crippen molar-refractivity contribution < 1.29 is 24.2 Å². The Kier molecular flexibility index (Phi) is 5.69. The van der Waals surface area contributed by atoms with Crippen molar-refractivity contribution in [3.05, 3.63) is 95.1 Å². The van der Waals surface area contributed by atoms with Gasteiger partial charge < -0.3 is 14.6 Å². The van der Waals surface area contributed by atoms with Crippen molar-refractivity contribution in [3.8, 4) is 11.5 Å². The first-order valence-electron chi connectivity index (χ1n) is 10.1. The summed E-state index contributed by atoms with van der Waals surface area (Å²) in [6, 6.07) is 20.6. The van der Waals surface area contributed by atoms with Gasteiger partial charge in [-0.1, -0.05) is 48.5 Å². The number of carbonyl (C=O) groups is 2. The molecule has 1 N–H and O–H groups in total. The quantitative estimate of drug-likeness (QED) is 0.363. The number of aliphatic hydroxyl groups excluding tert-OH is 1. The van der Waals surface area contributed by atoms with Gasteiger partial charge in [-0.15, -0.1) is 0 Å². The third-order valence-corrected chi connectivity index (χ3v) is 5.59. The van der Waals surface area contributed by atoms with E-state index in [4.69, 9.17) is 9.47 Å². The van der Waals surface area contributed by atoms with Crippen molar-refractivity contribution in [2.45, 2.75) is 13.0 Å². The second kappa shape index (κ2) is 8.59. The molecule has 0 bridgehead atoms. The Hall–Kier alpha value is -4.06. The van der Waals surface area contributed by atoms with Gasteiger partial charge in [0.2, 0.25) is 0 Å². The molecular formula is C26H23NO5. The molecule has 1 fully saturated rings. The zero-order valence-corrected chi connectivity index (χ0v) is 18.0. The average molecular weight is 429 g/mol. The third kappa shape index (κ3) is 3.50. The lowest BCUT2D eigenvalue weighted by atomic mass is 9.95. The normalized spacial score (nSPS) is 17.5. The Morgan fingerprint density at radius 1 is 0.875 bits per heavy atom. The summed E-state index contributed by atoms with van der Waals surface area (Å²) in [6.07, 6.45) is 0. The zero-order chi connectivity index (χ0) is 22.8. The smallest absolute Gasteiger partial charge is 0.300 e. The molecule has 1 aliphatic rings. The fourth-order valence-corrected chi connectivity index (χ4v) is 4.00. The maximum absolute atomic E-state index is 13.2. The van der Waals surface area contributed by atoms with Crippen molar-refractivity contribution in [3.63, 3.8) is 0 Å². The predicted molar refractivity (Wildman–Crippen MR) is 122 cm³/mol. The number of ether oxygens (including phenoxy) is 2. The van der Waals surface area contributed by atoms with Gasteiger partial charge >= 0.3 is 0 Å². The predicted octanol–water partition coefficient (Wildman–Crippen LogP) is 4.64. The molecule has 0 spiro atoms. The number of ketones is 1. The molecule has 0 saturated carbocycles. The highest BCUT2D eigenvalue weighted by Crippen LogP contribution is 2.43. The molecule has 1 atom stereocenters. The number of para-hydroxylation sites is 1. The van der Waals surface area contributed by atoms with Crippen LogP contribution in [0, 0.1) is 6.92 Å². The molecule has 0 aliphatic carbocycles. The SMILES string of the molecule is COc1ccc(/C(O)=C2/C(=O)C(=O)N(c3ccccc3C)C2c2ccccc2)cc1OC. The molecule has 0 radical (unpaired) electrons. The standard InChI is InChI=1S/C26H23NO5/c1-16-9-7-8-12-19(16)27-23(17-10-5-4-6-11-17)22(25(29)26(27)30)24(28)18-13-14-20(31-2)21(15-18)32-3/h4-15,23,28H,1-3H3/b24-22-. The van der Waals surface area contributed by atoms with Crippen LogP contribution in [-0.4, -0.2) is 31.0 Å². The number of hydrogen-bond donors (Lipinski definition) is 1. The van der Waals surface area contributed by atoms with Crippen LogP contribution < -0.4 is 14.4 Å². The van der Waals surface area contributed by atoms with Crippen LogP contribution in [0.15, 0.2) is 78.4 Å². The maximum atomic E-state index is 13.2. The molecule has 3 aromatic carbocycles. The minimum Gasteiger partial charge on any atom is -0.507 e. The van der Waals surface area contributed by atoms with Crippen LogP contribution in [0.5, 0.6) is 11.5 Å². The average Bonchev–Trinajstić information content (AvgIpc) is 3.09. The summed E-state index contributed by atoms with van der Waals surface area (Å²) in [5.41, 5.74) is 2.57. The van der Waals surface area contributed by atoms with E-state index in [-0.39, 0.29) is 11.3 Å². The first kappa shape index (κ1) is 21.2. The number of anilines is 1. The first-order valence-corrected chi connectivity index (χ1v) is 10.1. The van der Waals surface area contributed by atoms with E-state index in [2.05, 4.69) is 0 Å². The number of carbonyl (C=O) groups excluding carboxylic acids is 2. The van der Waals surface area contributed by atoms with E-state index < -0.39 is 17.7 Å². The van der Waals surface area contributed by atoms with Crippen molar-refractivity contribution in [2.24, 2.45) is 0 Å². The highest BCUT2D eigenvalue weighted by Gasteiger charge is 2.47. The van der Waals surface area contributed by atoms with Crippen molar-refractivity contribution >= 4 is 23.1 Å². The highest BCUT2D eigenvalue weighted by atomic mass is 16.5. The number of amides is 1. The first-order chi connectivity index (χ1) is 15.5. The Morgan fingerprint density at radius 3 is 2.19 bits per heavy atom. The zero-order valence-electron chi connectivity index (χ0n) is 18.0. The van der Waals surface area contributed by atoms with Gasteiger partial charge in [0.1, 0.15) is 5.76 Å². The van der Waals surface area contributed by atoms with E-state index in [1.165, 1.54) is 19.1 Å². The number of hydrogen-bond acceptors (Lipinski definition) is 5. The Bertz CT molecular complexity index is 1220. The van der Waals surface area contributed by atoms with E-state index in [0.29, 0.717) is 22.7 Å². The number of methoxy groups -OCH3 is 2. The van der Waals surface area contributed by atoms with Crippen LogP contribution in [-0.2, 0) is 9.59 Å². The minimum absolute atomic E-state index is 0.0247. The summed E-state index contributed by atoms with van der Waals surface area (Å²) in [5.74, 6) is -0.802. The van der Waals surface area contributed by atoms with Gasteiger partial charge in [0.15, 0.2) is 11.5 Å². The van der Waals surface area contributed by atoms with Crippen LogP contribution in [0.4, 0.5) is 5.69 Å². The lowest BCUT2D eigenvalue weighted by Crippen LogP contribution is -2.30. The van der Waals surface area contributed by atoms with Gasteiger partial charge in [0.25, 0.3) is 11.7 Å². The van der Waals surface area contributed by atoms with E-state index >= 15 is 0 Å². The van der Waals surface area contributed by atoms with Crippen LogP contribution in [0.25, 0.3) is 5.76 Å². The van der Waals surface area contributed by atoms with Crippen LogP contribution in [0.2, 0.25) is 0 Å². The van der Waals surface area contributed by atoms with Crippen LogP contribution in [0.3, 0.4) is 0 Å². The van der Waals surface area contributed by atoms with E-state index in [1.807, 2.05) is 55.5 Å². The number of Topliss-reactive ketones (excluding diaryl/α,β-unsaturated/α-hetero) is 1. The number of benzene rings is 3. The molecule has 1 aliphatic heterocycles. The third-order valence-electron chi connectivity index (χ3n) is 5.59. The Balaban J connectivity index is 1.95. The second-order valence-electron chi connectivity index (χ2n) is 7.44. The van der Waals surface area contributed by atoms with Gasteiger partial charge in [-0.2, -0.15) is 0 Å². The van der Waals surface area contributed by atoms with Crippen LogP contribution >= 0.6 is 0 Å². The second-order valence-corrected chi connectivity index (χ2v) is 7.44. The maximum Gasteiger partial charge on any atom is 0.300 e. The topological polar surface area (TPSA) is 76.1 Å². The van der Waals surface area contributed by atoms with Gasteiger partial charge in [0.05, 0.1) is 25.8 Å². The number of rotatable bonds is 5. The summed E-state index contributed by atoms with van der Waals surface area (Å²) in [7, 11) is 3.00. The van der Waals surface area contributed by atoms with Gasteiger partial charge in [-0.25, -0.2) is 0 Å². The highest BCUT2D eigenvalue weighted by molar-refractivity contribution is 6.51.